The van der Waals surface area contributed by atoms with Crippen LogP contribution in [0, 0.1) is 11.3 Å². The fourth-order valence-corrected chi connectivity index (χ4v) is 2.71. The molecule has 0 saturated carbocycles. The molecular formula is C12H22BNO5. The highest BCUT2D eigenvalue weighted by molar-refractivity contribution is 6.40. The Morgan fingerprint density at radius 1 is 1.42 bits per heavy atom. The van der Waals surface area contributed by atoms with Crippen LogP contribution < -0.4 is 0 Å². The van der Waals surface area contributed by atoms with Gasteiger partial charge in [0.2, 0.25) is 5.91 Å². The van der Waals surface area contributed by atoms with Gasteiger partial charge in [-0.15, -0.1) is 0 Å². The Morgan fingerprint density at radius 2 is 2.05 bits per heavy atom. The fourth-order valence-electron chi connectivity index (χ4n) is 2.71. The molecule has 3 N–H and O–H groups in total. The predicted octanol–water partition coefficient (Wildman–Crippen LogP) is 0.199. The van der Waals surface area contributed by atoms with Gasteiger partial charge in [-0.05, 0) is 25.6 Å². The van der Waals surface area contributed by atoms with Gasteiger partial charge in [0, 0.05) is 19.5 Å². The minimum atomic E-state index is -1.38. The molecule has 1 amide bonds. The first-order valence-corrected chi connectivity index (χ1v) is 6.66. The summed E-state index contributed by atoms with van der Waals surface area (Å²) in [5, 5.41) is 27.1. The Bertz CT molecular complexity index is 349. The standard InChI is InChI=1S/C12H22BNO5/c1-3-10(15)14-7-9(4-5-13(18)19)6-12(2,8-14)11(16)17/h9,18-19H,3-8H2,1-2H3,(H,16,17)/t9-,12-/m0/s1. The number of carboxylic acid groups (broad SMARTS) is 1. The lowest BCUT2D eigenvalue weighted by Gasteiger charge is -2.42. The third kappa shape index (κ3) is 4.21. The minimum absolute atomic E-state index is 0.00727. The average Bonchev–Trinajstić information content (AvgIpc) is 2.34. The monoisotopic (exact) mass is 271 g/mol. The highest BCUT2D eigenvalue weighted by atomic mass is 16.4. The molecule has 2 atom stereocenters. The Morgan fingerprint density at radius 3 is 2.53 bits per heavy atom. The van der Waals surface area contributed by atoms with E-state index < -0.39 is 18.5 Å². The molecule has 1 aliphatic heterocycles. The number of rotatable bonds is 5. The van der Waals surface area contributed by atoms with Crippen LogP contribution in [-0.4, -0.2) is 52.1 Å². The number of hydrogen-bond donors (Lipinski definition) is 3. The Labute approximate surface area is 113 Å². The lowest BCUT2D eigenvalue weighted by atomic mass is 9.72. The maximum atomic E-state index is 11.8. The second-order valence-electron chi connectivity index (χ2n) is 5.62. The van der Waals surface area contributed by atoms with Gasteiger partial charge in [0.25, 0.3) is 0 Å². The van der Waals surface area contributed by atoms with Crippen molar-refractivity contribution in [1.29, 1.82) is 0 Å². The summed E-state index contributed by atoms with van der Waals surface area (Å²) in [6.07, 6.45) is 1.52. The fraction of sp³-hybridized carbons (Fsp3) is 0.833. The topological polar surface area (TPSA) is 98.1 Å². The highest BCUT2D eigenvalue weighted by Gasteiger charge is 2.43. The van der Waals surface area contributed by atoms with Gasteiger partial charge in [0.05, 0.1) is 5.41 Å². The van der Waals surface area contributed by atoms with Crippen molar-refractivity contribution in [3.63, 3.8) is 0 Å². The van der Waals surface area contributed by atoms with Crippen LogP contribution in [0.5, 0.6) is 0 Å². The summed E-state index contributed by atoms with van der Waals surface area (Å²) < 4.78 is 0. The van der Waals surface area contributed by atoms with Crippen LogP contribution in [0.15, 0.2) is 0 Å². The highest BCUT2D eigenvalue weighted by Crippen LogP contribution is 2.35. The summed E-state index contributed by atoms with van der Waals surface area (Å²) in [6, 6.07) is 0. The van der Waals surface area contributed by atoms with E-state index in [0.29, 0.717) is 25.8 Å². The van der Waals surface area contributed by atoms with Crippen molar-refractivity contribution < 1.29 is 24.7 Å². The summed E-state index contributed by atoms with van der Waals surface area (Å²) >= 11 is 0. The molecule has 1 heterocycles. The second kappa shape index (κ2) is 6.39. The molecule has 1 aliphatic rings. The van der Waals surface area contributed by atoms with Crippen molar-refractivity contribution in [3.05, 3.63) is 0 Å². The van der Waals surface area contributed by atoms with Gasteiger partial charge < -0.3 is 20.1 Å². The van der Waals surface area contributed by atoms with E-state index in [-0.39, 0.29) is 24.7 Å². The zero-order valence-electron chi connectivity index (χ0n) is 11.5. The third-order valence-electron chi connectivity index (χ3n) is 3.76. The quantitative estimate of drug-likeness (QED) is 0.620. The lowest BCUT2D eigenvalue weighted by Crippen LogP contribution is -2.51. The third-order valence-corrected chi connectivity index (χ3v) is 3.76. The molecule has 1 rings (SSSR count). The van der Waals surface area contributed by atoms with E-state index in [1.807, 2.05) is 0 Å². The van der Waals surface area contributed by atoms with E-state index in [1.54, 1.807) is 18.7 Å². The van der Waals surface area contributed by atoms with Crippen molar-refractivity contribution in [1.82, 2.24) is 4.90 Å². The number of aliphatic carboxylic acids is 1. The molecule has 1 saturated heterocycles. The molecule has 0 aromatic carbocycles. The molecule has 6 nitrogen and oxygen atoms in total. The molecular weight excluding hydrogens is 249 g/mol. The number of carboxylic acids is 1. The van der Waals surface area contributed by atoms with Crippen LogP contribution in [0.1, 0.15) is 33.1 Å². The summed E-state index contributed by atoms with van der Waals surface area (Å²) in [7, 11) is -1.38. The van der Waals surface area contributed by atoms with E-state index in [4.69, 9.17) is 10.0 Å². The van der Waals surface area contributed by atoms with E-state index >= 15 is 0 Å². The molecule has 0 aromatic heterocycles. The van der Waals surface area contributed by atoms with Crippen molar-refractivity contribution in [2.45, 2.75) is 39.4 Å². The number of nitrogens with zero attached hydrogens (tertiary/aromatic N) is 1. The van der Waals surface area contributed by atoms with Gasteiger partial charge in [0.1, 0.15) is 0 Å². The van der Waals surface area contributed by atoms with Gasteiger partial charge in [0.15, 0.2) is 0 Å². The van der Waals surface area contributed by atoms with Crippen molar-refractivity contribution in [3.8, 4) is 0 Å². The predicted molar refractivity (Wildman–Crippen MR) is 70.3 cm³/mol. The minimum Gasteiger partial charge on any atom is -0.481 e. The first-order chi connectivity index (χ1) is 8.78. The molecule has 7 heteroatoms. The normalized spacial score (nSPS) is 27.2. The summed E-state index contributed by atoms with van der Waals surface area (Å²) in [6.45, 7) is 4.13. The Balaban J connectivity index is 2.77. The summed E-state index contributed by atoms with van der Waals surface area (Å²) in [4.78, 5) is 24.8. The zero-order chi connectivity index (χ0) is 14.6. The van der Waals surface area contributed by atoms with E-state index in [2.05, 4.69) is 0 Å². The number of hydrogen-bond acceptors (Lipinski definition) is 4. The Kier molecular flexibility index (Phi) is 5.37. The average molecular weight is 271 g/mol. The van der Waals surface area contributed by atoms with Crippen molar-refractivity contribution in [2.75, 3.05) is 13.1 Å². The second-order valence-corrected chi connectivity index (χ2v) is 5.62. The van der Waals surface area contributed by atoms with E-state index in [0.717, 1.165) is 0 Å². The van der Waals surface area contributed by atoms with Crippen LogP contribution in [0.2, 0.25) is 6.32 Å². The summed E-state index contributed by atoms with van der Waals surface area (Å²) in [5.74, 6) is -0.968. The van der Waals surface area contributed by atoms with Gasteiger partial charge in [-0.25, -0.2) is 0 Å². The maximum absolute atomic E-state index is 11.8. The molecule has 0 radical (unpaired) electrons. The maximum Gasteiger partial charge on any atom is 0.451 e. The van der Waals surface area contributed by atoms with Crippen LogP contribution >= 0.6 is 0 Å². The number of carbonyl (C=O) groups is 2. The number of amides is 1. The zero-order valence-corrected chi connectivity index (χ0v) is 11.5. The number of piperidine rings is 1. The first-order valence-electron chi connectivity index (χ1n) is 6.66. The molecule has 0 aliphatic carbocycles. The van der Waals surface area contributed by atoms with Gasteiger partial charge in [-0.3, -0.25) is 9.59 Å². The molecule has 0 aromatic rings. The molecule has 19 heavy (non-hydrogen) atoms. The largest absolute Gasteiger partial charge is 0.481 e. The molecule has 0 bridgehead atoms. The smallest absolute Gasteiger partial charge is 0.451 e. The number of carbonyl (C=O) groups excluding carboxylic acids is 1. The van der Waals surface area contributed by atoms with E-state index in [9.17, 15) is 14.7 Å². The van der Waals surface area contributed by atoms with Crippen molar-refractivity contribution in [2.24, 2.45) is 11.3 Å². The lowest BCUT2D eigenvalue weighted by molar-refractivity contribution is -0.155. The van der Waals surface area contributed by atoms with Gasteiger partial charge in [-0.1, -0.05) is 13.3 Å². The molecule has 108 valence electrons. The molecule has 1 fully saturated rings. The van der Waals surface area contributed by atoms with E-state index in [1.165, 1.54) is 0 Å². The van der Waals surface area contributed by atoms with Crippen LogP contribution in [0.25, 0.3) is 0 Å². The van der Waals surface area contributed by atoms with Crippen LogP contribution in [0.4, 0.5) is 0 Å². The Hall–Kier alpha value is -1.08. The summed E-state index contributed by atoms with van der Waals surface area (Å²) in [5.41, 5.74) is -0.950. The SMILES string of the molecule is CCC(=O)N1C[C@@H](CCB(O)O)C[C@](C)(C(=O)O)C1. The van der Waals surface area contributed by atoms with Crippen molar-refractivity contribution >= 4 is 19.0 Å². The van der Waals surface area contributed by atoms with Crippen LogP contribution in [-0.2, 0) is 9.59 Å². The first kappa shape index (κ1) is 16.0. The molecule has 0 unspecified atom stereocenters. The molecule has 0 spiro atoms. The van der Waals surface area contributed by atoms with Crippen LogP contribution in [0.3, 0.4) is 0 Å². The van der Waals surface area contributed by atoms with Gasteiger partial charge >= 0.3 is 13.1 Å². The number of likely N-dealkylation sites (tertiary alicyclic amines) is 1. The van der Waals surface area contributed by atoms with Gasteiger partial charge in [-0.2, -0.15) is 0 Å².